The van der Waals surface area contributed by atoms with Crippen LogP contribution in [0.1, 0.15) is 26.3 Å². The normalized spacial score (nSPS) is 11.7. The molecule has 0 saturated heterocycles. The molecule has 0 bridgehead atoms. The van der Waals surface area contributed by atoms with E-state index in [1.54, 1.807) is 0 Å². The van der Waals surface area contributed by atoms with Crippen molar-refractivity contribution in [2.24, 2.45) is 0 Å². The molecule has 102 valence electrons. The summed E-state index contributed by atoms with van der Waals surface area (Å²) >= 11 is 6.89. The van der Waals surface area contributed by atoms with Crippen molar-refractivity contribution in [3.8, 4) is 5.75 Å². The quantitative estimate of drug-likeness (QED) is 0.812. The highest BCUT2D eigenvalue weighted by Crippen LogP contribution is 2.34. The van der Waals surface area contributed by atoms with Crippen LogP contribution in [-0.2, 0) is 6.54 Å². The van der Waals surface area contributed by atoms with Crippen LogP contribution in [0.2, 0.25) is 0 Å². The monoisotopic (exact) mass is 381 g/mol. The van der Waals surface area contributed by atoms with Crippen LogP contribution in [0.4, 0.5) is 4.39 Å². The summed E-state index contributed by atoms with van der Waals surface area (Å²) in [6.07, 6.45) is 0. The Hall–Kier alpha value is -0.130. The second kappa shape index (κ2) is 6.87. The number of benzene rings is 1. The first kappa shape index (κ1) is 15.9. The Morgan fingerprint density at radius 3 is 2.22 bits per heavy atom. The number of nitrogens with one attached hydrogen (secondary N) is 1. The Kier molecular flexibility index (Phi) is 6.08. The van der Waals surface area contributed by atoms with Crippen molar-refractivity contribution in [1.29, 1.82) is 0 Å². The maximum absolute atomic E-state index is 12.1. The zero-order valence-corrected chi connectivity index (χ0v) is 14.0. The van der Waals surface area contributed by atoms with Gasteiger partial charge in [-0.2, -0.15) is 0 Å². The van der Waals surface area contributed by atoms with E-state index in [4.69, 9.17) is 4.74 Å². The van der Waals surface area contributed by atoms with E-state index in [1.165, 1.54) is 0 Å². The van der Waals surface area contributed by atoms with E-state index >= 15 is 0 Å². The van der Waals surface area contributed by atoms with E-state index in [1.807, 2.05) is 12.1 Å². The molecule has 5 heteroatoms. The summed E-state index contributed by atoms with van der Waals surface area (Å²) in [6, 6.07) is 3.97. The van der Waals surface area contributed by atoms with Crippen molar-refractivity contribution in [2.45, 2.75) is 32.9 Å². The van der Waals surface area contributed by atoms with E-state index in [0.717, 1.165) is 21.1 Å². The van der Waals surface area contributed by atoms with E-state index in [9.17, 15) is 4.39 Å². The Bertz CT molecular complexity index is 381. The molecule has 0 radical (unpaired) electrons. The minimum Gasteiger partial charge on any atom is -0.488 e. The van der Waals surface area contributed by atoms with Gasteiger partial charge in [-0.1, -0.05) is 0 Å². The van der Waals surface area contributed by atoms with Gasteiger partial charge in [0.2, 0.25) is 0 Å². The molecule has 1 aromatic carbocycles. The lowest BCUT2D eigenvalue weighted by atomic mass is 10.1. The smallest absolute Gasteiger partial charge is 0.147 e. The maximum atomic E-state index is 12.1. The molecule has 0 aliphatic rings. The maximum Gasteiger partial charge on any atom is 0.147 e. The predicted molar refractivity (Wildman–Crippen MR) is 79.9 cm³/mol. The SMILES string of the molecule is CC(C)(C)NCc1cc(Br)c(OCCF)c(Br)c1. The molecule has 0 heterocycles. The third kappa shape index (κ3) is 5.24. The molecule has 0 amide bonds. The van der Waals surface area contributed by atoms with Crippen LogP contribution in [0.25, 0.3) is 0 Å². The summed E-state index contributed by atoms with van der Waals surface area (Å²) in [4.78, 5) is 0. The lowest BCUT2D eigenvalue weighted by Gasteiger charge is -2.21. The fourth-order valence-electron chi connectivity index (χ4n) is 1.36. The Morgan fingerprint density at radius 2 is 1.78 bits per heavy atom. The van der Waals surface area contributed by atoms with Crippen LogP contribution in [0.3, 0.4) is 0 Å². The molecule has 1 N–H and O–H groups in total. The summed E-state index contributed by atoms with van der Waals surface area (Å²) in [6.45, 7) is 6.70. The largest absolute Gasteiger partial charge is 0.488 e. The van der Waals surface area contributed by atoms with Crippen LogP contribution in [0.5, 0.6) is 5.75 Å². The predicted octanol–water partition coefficient (Wildman–Crippen LogP) is 4.45. The second-order valence-electron chi connectivity index (χ2n) is 5.03. The standard InChI is InChI=1S/C13H18Br2FNO/c1-13(2,3)17-8-9-6-10(14)12(11(15)7-9)18-5-4-16/h6-7,17H,4-5,8H2,1-3H3. The second-order valence-corrected chi connectivity index (χ2v) is 6.74. The number of ether oxygens (including phenoxy) is 1. The van der Waals surface area contributed by atoms with Gasteiger partial charge in [0, 0.05) is 12.1 Å². The van der Waals surface area contributed by atoms with Crippen LogP contribution in [-0.4, -0.2) is 18.8 Å². The molecule has 1 rings (SSSR count). The Labute approximate surface area is 125 Å². The molecular weight excluding hydrogens is 365 g/mol. The Morgan fingerprint density at radius 1 is 1.22 bits per heavy atom. The van der Waals surface area contributed by atoms with Gasteiger partial charge >= 0.3 is 0 Å². The van der Waals surface area contributed by atoms with Crippen LogP contribution in [0.15, 0.2) is 21.1 Å². The molecule has 0 aliphatic heterocycles. The van der Waals surface area contributed by atoms with Gasteiger partial charge in [0.1, 0.15) is 19.0 Å². The van der Waals surface area contributed by atoms with Crippen molar-refractivity contribution in [3.63, 3.8) is 0 Å². The van der Waals surface area contributed by atoms with Crippen molar-refractivity contribution < 1.29 is 9.13 Å². The number of rotatable bonds is 5. The van der Waals surface area contributed by atoms with Gasteiger partial charge in [-0.05, 0) is 70.3 Å². The van der Waals surface area contributed by atoms with E-state index < -0.39 is 6.67 Å². The minimum atomic E-state index is -0.494. The van der Waals surface area contributed by atoms with Crippen molar-refractivity contribution in [1.82, 2.24) is 5.32 Å². The molecule has 0 saturated carbocycles. The number of hydrogen-bond donors (Lipinski definition) is 1. The highest BCUT2D eigenvalue weighted by atomic mass is 79.9. The number of hydrogen-bond acceptors (Lipinski definition) is 2. The lowest BCUT2D eigenvalue weighted by Crippen LogP contribution is -2.35. The molecular formula is C13H18Br2FNO. The summed E-state index contributed by atoms with van der Waals surface area (Å²) < 4.78 is 19.1. The van der Waals surface area contributed by atoms with Crippen molar-refractivity contribution in [2.75, 3.05) is 13.3 Å². The van der Waals surface area contributed by atoms with Crippen LogP contribution in [0, 0.1) is 0 Å². The van der Waals surface area contributed by atoms with Gasteiger partial charge in [0.05, 0.1) is 8.95 Å². The third-order valence-corrected chi connectivity index (χ3v) is 3.38. The Balaban J connectivity index is 2.79. The molecule has 1 aromatic rings. The first-order chi connectivity index (χ1) is 8.33. The van der Waals surface area contributed by atoms with Gasteiger partial charge in [0.15, 0.2) is 0 Å². The highest BCUT2D eigenvalue weighted by Gasteiger charge is 2.12. The minimum absolute atomic E-state index is 0.0663. The molecule has 18 heavy (non-hydrogen) atoms. The average Bonchev–Trinajstić information content (AvgIpc) is 2.24. The first-order valence-electron chi connectivity index (χ1n) is 5.75. The molecule has 2 nitrogen and oxygen atoms in total. The van der Waals surface area contributed by atoms with Crippen LogP contribution < -0.4 is 10.1 Å². The third-order valence-electron chi connectivity index (χ3n) is 2.20. The van der Waals surface area contributed by atoms with Crippen LogP contribution >= 0.6 is 31.9 Å². The van der Waals surface area contributed by atoms with Gasteiger partial charge in [0.25, 0.3) is 0 Å². The van der Waals surface area contributed by atoms with Crippen molar-refractivity contribution in [3.05, 3.63) is 26.6 Å². The molecule has 0 spiro atoms. The summed E-state index contributed by atoms with van der Waals surface area (Å²) in [5.41, 5.74) is 1.21. The average molecular weight is 383 g/mol. The van der Waals surface area contributed by atoms with Gasteiger partial charge in [-0.15, -0.1) is 0 Å². The first-order valence-corrected chi connectivity index (χ1v) is 7.34. The number of halogens is 3. The lowest BCUT2D eigenvalue weighted by molar-refractivity contribution is 0.270. The molecule has 0 unspecified atom stereocenters. The van der Waals surface area contributed by atoms with E-state index in [0.29, 0.717) is 5.75 Å². The molecule has 0 fully saturated rings. The fraction of sp³-hybridized carbons (Fsp3) is 0.538. The summed E-state index contributed by atoms with van der Waals surface area (Å²) in [7, 11) is 0. The fourth-order valence-corrected chi connectivity index (χ4v) is 2.87. The van der Waals surface area contributed by atoms with Crippen molar-refractivity contribution >= 4 is 31.9 Å². The van der Waals surface area contributed by atoms with Gasteiger partial charge in [-0.25, -0.2) is 4.39 Å². The molecule has 0 aliphatic carbocycles. The van der Waals surface area contributed by atoms with E-state index in [-0.39, 0.29) is 12.1 Å². The summed E-state index contributed by atoms with van der Waals surface area (Å²) in [5, 5.41) is 3.41. The molecule has 0 atom stereocenters. The zero-order chi connectivity index (χ0) is 13.8. The van der Waals surface area contributed by atoms with Gasteiger partial charge in [-0.3, -0.25) is 0 Å². The van der Waals surface area contributed by atoms with E-state index in [2.05, 4.69) is 57.9 Å². The topological polar surface area (TPSA) is 21.3 Å². The summed E-state index contributed by atoms with van der Waals surface area (Å²) in [5.74, 6) is 0.646. The number of alkyl halides is 1. The van der Waals surface area contributed by atoms with Gasteiger partial charge < -0.3 is 10.1 Å². The zero-order valence-electron chi connectivity index (χ0n) is 10.8. The highest BCUT2D eigenvalue weighted by molar-refractivity contribution is 9.11. The molecule has 0 aromatic heterocycles.